The average Bonchev–Trinajstić information content (AvgIpc) is 2.57. The number of halogens is 1. The molecule has 7 nitrogen and oxygen atoms in total. The lowest BCUT2D eigenvalue weighted by atomic mass is 10.0. The number of carboxylic acids is 1. The largest absolute Gasteiger partial charge is 0.495 e. The highest BCUT2D eigenvalue weighted by Crippen LogP contribution is 2.31. The van der Waals surface area contributed by atoms with Crippen molar-refractivity contribution < 1.29 is 19.4 Å². The van der Waals surface area contributed by atoms with Crippen LogP contribution in [-0.2, 0) is 9.59 Å². The summed E-state index contributed by atoms with van der Waals surface area (Å²) >= 11 is 6.09. The Bertz CT molecular complexity index is 660. The number of piperidine rings is 1. The Morgan fingerprint density at radius 2 is 2.04 bits per heavy atom. The number of aliphatic carboxylic acids is 1. The number of amides is 1. The molecule has 0 aliphatic carbocycles. The number of ether oxygens (including phenoxy) is 1. The summed E-state index contributed by atoms with van der Waals surface area (Å²) in [5.41, 5.74) is 1.47. The molecule has 0 saturated carbocycles. The molecule has 1 aromatic rings. The van der Waals surface area contributed by atoms with Gasteiger partial charge in [-0.2, -0.15) is 0 Å². The number of anilines is 1. The monoisotopic (exact) mass is 383 g/mol. The van der Waals surface area contributed by atoms with E-state index in [4.69, 9.17) is 21.4 Å². The second-order valence-corrected chi connectivity index (χ2v) is 7.07. The van der Waals surface area contributed by atoms with Crippen molar-refractivity contribution in [3.63, 3.8) is 0 Å². The molecule has 0 unspecified atom stereocenters. The zero-order valence-corrected chi connectivity index (χ0v) is 16.2. The van der Waals surface area contributed by atoms with Crippen LogP contribution in [-0.4, -0.2) is 73.2 Å². The molecule has 1 fully saturated rings. The topological polar surface area (TPSA) is 82.1 Å². The lowest BCUT2D eigenvalue weighted by molar-refractivity contribution is -0.138. The molecular weight excluding hydrogens is 358 g/mol. The number of carboxylic acid groups (broad SMARTS) is 1. The summed E-state index contributed by atoms with van der Waals surface area (Å²) in [6.45, 7) is 3.73. The average molecular weight is 384 g/mol. The second kappa shape index (κ2) is 9.21. The summed E-state index contributed by atoms with van der Waals surface area (Å²) in [7, 11) is 3.37. The lowest BCUT2D eigenvalue weighted by Crippen LogP contribution is -2.46. The van der Waals surface area contributed by atoms with Gasteiger partial charge in [-0.15, -0.1) is 0 Å². The molecule has 1 saturated heterocycles. The maximum atomic E-state index is 12.4. The van der Waals surface area contributed by atoms with E-state index in [-0.39, 0.29) is 18.5 Å². The van der Waals surface area contributed by atoms with Gasteiger partial charge in [0.15, 0.2) is 0 Å². The summed E-state index contributed by atoms with van der Waals surface area (Å²) < 4.78 is 5.28. The summed E-state index contributed by atoms with van der Waals surface area (Å²) in [6, 6.07) is 3.73. The second-order valence-electron chi connectivity index (χ2n) is 6.67. The maximum absolute atomic E-state index is 12.4. The Kier molecular flexibility index (Phi) is 7.25. The van der Waals surface area contributed by atoms with Crippen molar-refractivity contribution in [3.05, 3.63) is 22.7 Å². The molecule has 1 aromatic carbocycles. The molecule has 0 bridgehead atoms. The minimum absolute atomic E-state index is 0.0425. The highest BCUT2D eigenvalue weighted by Gasteiger charge is 2.24. The van der Waals surface area contributed by atoms with Crippen molar-refractivity contribution in [2.75, 3.05) is 45.7 Å². The molecule has 0 spiro atoms. The Morgan fingerprint density at radius 1 is 1.38 bits per heavy atom. The van der Waals surface area contributed by atoms with Gasteiger partial charge < -0.3 is 15.2 Å². The van der Waals surface area contributed by atoms with Gasteiger partial charge in [-0.1, -0.05) is 11.6 Å². The number of methoxy groups -OCH3 is 1. The van der Waals surface area contributed by atoms with E-state index in [0.717, 1.165) is 31.5 Å². The predicted octanol–water partition coefficient (Wildman–Crippen LogP) is 2.08. The number of hydrogen-bond donors (Lipinski definition) is 2. The first-order chi connectivity index (χ1) is 12.3. The third-order valence-corrected chi connectivity index (χ3v) is 5.09. The van der Waals surface area contributed by atoms with Crippen molar-refractivity contribution >= 4 is 29.2 Å². The van der Waals surface area contributed by atoms with Crippen molar-refractivity contribution in [3.8, 4) is 5.75 Å². The van der Waals surface area contributed by atoms with E-state index in [2.05, 4.69) is 10.2 Å². The van der Waals surface area contributed by atoms with Gasteiger partial charge in [0.25, 0.3) is 0 Å². The number of rotatable bonds is 7. The smallest absolute Gasteiger partial charge is 0.317 e. The molecular formula is C18H26ClN3O4. The fourth-order valence-electron chi connectivity index (χ4n) is 3.18. The van der Waals surface area contributed by atoms with E-state index in [1.54, 1.807) is 12.1 Å². The van der Waals surface area contributed by atoms with Crippen LogP contribution in [0.25, 0.3) is 0 Å². The van der Waals surface area contributed by atoms with Gasteiger partial charge in [-0.05, 0) is 38.4 Å². The number of carbonyl (C=O) groups excluding carboxylic acids is 1. The molecule has 0 radical (unpaired) electrons. The Labute approximate surface area is 158 Å². The van der Waals surface area contributed by atoms with Gasteiger partial charge in [-0.3, -0.25) is 19.4 Å². The number of likely N-dealkylation sites (tertiary alicyclic amines) is 1. The Balaban J connectivity index is 1.86. The van der Waals surface area contributed by atoms with Crippen LogP contribution in [0.5, 0.6) is 5.75 Å². The quantitative estimate of drug-likeness (QED) is 0.750. The fourth-order valence-corrected chi connectivity index (χ4v) is 3.34. The Morgan fingerprint density at radius 3 is 2.62 bits per heavy atom. The van der Waals surface area contributed by atoms with Gasteiger partial charge >= 0.3 is 5.97 Å². The third kappa shape index (κ3) is 5.59. The first-order valence-electron chi connectivity index (χ1n) is 8.58. The van der Waals surface area contributed by atoms with Crippen LogP contribution in [0.2, 0.25) is 5.02 Å². The minimum Gasteiger partial charge on any atom is -0.495 e. The number of hydrogen-bond acceptors (Lipinski definition) is 5. The normalized spacial score (nSPS) is 15.9. The molecule has 144 valence electrons. The number of benzene rings is 1. The van der Waals surface area contributed by atoms with E-state index >= 15 is 0 Å². The van der Waals surface area contributed by atoms with Crippen molar-refractivity contribution in [1.82, 2.24) is 9.80 Å². The van der Waals surface area contributed by atoms with Crippen LogP contribution in [0, 0.1) is 6.92 Å². The van der Waals surface area contributed by atoms with Crippen LogP contribution in [0.3, 0.4) is 0 Å². The lowest BCUT2D eigenvalue weighted by Gasteiger charge is -2.35. The van der Waals surface area contributed by atoms with Crippen LogP contribution < -0.4 is 10.1 Å². The molecule has 1 aliphatic heterocycles. The van der Waals surface area contributed by atoms with E-state index in [0.29, 0.717) is 23.0 Å². The molecule has 1 aliphatic rings. The summed E-state index contributed by atoms with van der Waals surface area (Å²) in [5, 5.41) is 12.4. The molecule has 0 atom stereocenters. The zero-order chi connectivity index (χ0) is 19.3. The molecule has 1 heterocycles. The fraction of sp³-hybridized carbons (Fsp3) is 0.556. The van der Waals surface area contributed by atoms with Crippen LogP contribution in [0.4, 0.5) is 5.69 Å². The van der Waals surface area contributed by atoms with Gasteiger partial charge in [0.2, 0.25) is 5.91 Å². The summed E-state index contributed by atoms with van der Waals surface area (Å²) in [6.07, 6.45) is 1.70. The molecule has 2 N–H and O–H groups in total. The van der Waals surface area contributed by atoms with Crippen molar-refractivity contribution in [2.24, 2.45) is 0 Å². The molecule has 26 heavy (non-hydrogen) atoms. The molecule has 1 amide bonds. The number of carbonyl (C=O) groups is 2. The van der Waals surface area contributed by atoms with Gasteiger partial charge in [0.05, 0.1) is 25.9 Å². The van der Waals surface area contributed by atoms with Gasteiger partial charge in [-0.25, -0.2) is 0 Å². The summed E-state index contributed by atoms with van der Waals surface area (Å²) in [5.74, 6) is -0.396. The van der Waals surface area contributed by atoms with Crippen LogP contribution in [0.15, 0.2) is 12.1 Å². The Hall–Kier alpha value is -1.83. The minimum atomic E-state index is -0.818. The predicted molar refractivity (Wildman–Crippen MR) is 101 cm³/mol. The van der Waals surface area contributed by atoms with Crippen molar-refractivity contribution in [2.45, 2.75) is 25.8 Å². The standard InChI is InChI=1S/C18H26ClN3O4/c1-12-8-15(16(26-3)9-14(12)19)20-17(23)10-22-6-4-13(5-7-22)21(2)11-18(24)25/h8-9,13H,4-7,10-11H2,1-3H3,(H,20,23)(H,24,25). The third-order valence-electron chi connectivity index (χ3n) is 4.69. The molecule has 8 heteroatoms. The van der Waals surface area contributed by atoms with Crippen LogP contribution >= 0.6 is 11.6 Å². The maximum Gasteiger partial charge on any atom is 0.317 e. The van der Waals surface area contributed by atoms with E-state index in [1.165, 1.54) is 7.11 Å². The number of aryl methyl sites for hydroxylation is 1. The van der Waals surface area contributed by atoms with Crippen LogP contribution in [0.1, 0.15) is 18.4 Å². The van der Waals surface area contributed by atoms with Gasteiger partial charge in [0, 0.05) is 30.2 Å². The first-order valence-corrected chi connectivity index (χ1v) is 8.96. The van der Waals surface area contributed by atoms with Gasteiger partial charge in [0.1, 0.15) is 5.75 Å². The zero-order valence-electron chi connectivity index (χ0n) is 15.4. The SMILES string of the molecule is COc1cc(Cl)c(C)cc1NC(=O)CN1CCC(N(C)CC(=O)O)CC1. The molecule has 0 aromatic heterocycles. The molecule has 2 rings (SSSR count). The van der Waals surface area contributed by atoms with E-state index < -0.39 is 5.97 Å². The number of nitrogens with one attached hydrogen (secondary N) is 1. The highest BCUT2D eigenvalue weighted by molar-refractivity contribution is 6.31. The number of likely N-dealkylation sites (N-methyl/N-ethyl adjacent to an activating group) is 1. The van der Waals surface area contributed by atoms with E-state index in [9.17, 15) is 9.59 Å². The number of nitrogens with zero attached hydrogens (tertiary/aromatic N) is 2. The first kappa shape index (κ1) is 20.5. The highest BCUT2D eigenvalue weighted by atomic mass is 35.5. The summed E-state index contributed by atoms with van der Waals surface area (Å²) in [4.78, 5) is 27.1. The van der Waals surface area contributed by atoms with Crippen molar-refractivity contribution in [1.29, 1.82) is 0 Å². The van der Waals surface area contributed by atoms with E-state index in [1.807, 2.05) is 18.9 Å².